The van der Waals surface area contributed by atoms with Crippen molar-refractivity contribution in [2.75, 3.05) is 26.2 Å². The molecule has 8 nitrogen and oxygen atoms in total. The van der Waals surface area contributed by atoms with Crippen molar-refractivity contribution in [3.63, 3.8) is 0 Å². The number of β-amino-alcohol motifs (C(OH)–C–C–N with tert-alkyl or cyclic N) is 1. The molecule has 1 N–H and O–H groups in total. The van der Waals surface area contributed by atoms with Crippen LogP contribution in [0, 0.1) is 0 Å². The fourth-order valence-electron chi connectivity index (χ4n) is 3.09. The SMILES string of the molecule is CC(C)(C)OC(=O)N1CCCCC(=O)C1.CC(C)(C)OC(=O)N1CCCCC(O)C1.[B].[H-].[Na+]. The number of likely N-dealkylation sites (tertiary alicyclic amines) is 2. The van der Waals surface area contributed by atoms with Gasteiger partial charge in [0.1, 0.15) is 11.2 Å². The summed E-state index contributed by atoms with van der Waals surface area (Å²) in [6.45, 7) is 12.9. The van der Waals surface area contributed by atoms with E-state index in [0.717, 1.165) is 32.1 Å². The molecule has 0 saturated carbocycles. The van der Waals surface area contributed by atoms with Crippen molar-refractivity contribution in [3.05, 3.63) is 0 Å². The summed E-state index contributed by atoms with van der Waals surface area (Å²) in [5.74, 6) is 0.123. The van der Waals surface area contributed by atoms with E-state index in [1.807, 2.05) is 41.5 Å². The molecule has 0 aromatic rings. The van der Waals surface area contributed by atoms with Crippen molar-refractivity contribution in [2.24, 2.45) is 0 Å². The quantitative estimate of drug-likeness (QED) is 0.525. The minimum atomic E-state index is -0.494. The van der Waals surface area contributed by atoms with E-state index in [2.05, 4.69) is 0 Å². The Balaban J connectivity index is -0.000000500. The Kier molecular flexibility index (Phi) is 15.9. The molecule has 2 aliphatic rings. The molecule has 179 valence electrons. The third kappa shape index (κ3) is 15.1. The monoisotopic (exact) mass is 463 g/mol. The zero-order valence-corrected chi connectivity index (χ0v) is 23.1. The number of hydrogen-bond donors (Lipinski definition) is 1. The molecule has 2 fully saturated rings. The van der Waals surface area contributed by atoms with Gasteiger partial charge in [-0.2, -0.15) is 0 Å². The molecule has 0 aromatic carbocycles. The number of Topliss-reactive ketones (excluding diaryl/α,β-unsaturated/α-hetero) is 1. The maximum Gasteiger partial charge on any atom is 1.00 e. The van der Waals surface area contributed by atoms with E-state index < -0.39 is 17.3 Å². The first-order chi connectivity index (χ1) is 13.8. The van der Waals surface area contributed by atoms with Crippen LogP contribution in [0.4, 0.5) is 9.59 Å². The fourth-order valence-corrected chi connectivity index (χ4v) is 3.09. The summed E-state index contributed by atoms with van der Waals surface area (Å²) in [6.07, 6.45) is 3.93. The van der Waals surface area contributed by atoms with Crippen LogP contribution < -0.4 is 29.6 Å². The molecule has 2 saturated heterocycles. The van der Waals surface area contributed by atoms with Crippen LogP contribution >= 0.6 is 0 Å². The molecule has 0 spiro atoms. The largest absolute Gasteiger partial charge is 1.00 e. The van der Waals surface area contributed by atoms with Gasteiger partial charge < -0.3 is 25.8 Å². The first-order valence-electron chi connectivity index (χ1n) is 10.9. The van der Waals surface area contributed by atoms with Gasteiger partial charge >= 0.3 is 41.7 Å². The number of ether oxygens (including phenoxy) is 2. The second-order valence-electron chi connectivity index (χ2n) is 9.97. The van der Waals surface area contributed by atoms with E-state index in [-0.39, 0.29) is 63.9 Å². The van der Waals surface area contributed by atoms with Gasteiger partial charge in [0.25, 0.3) is 0 Å². The van der Waals surface area contributed by atoms with E-state index in [4.69, 9.17) is 9.47 Å². The molecule has 1 unspecified atom stereocenters. The van der Waals surface area contributed by atoms with Crippen LogP contribution in [0.1, 0.15) is 81.5 Å². The topological polar surface area (TPSA) is 96.4 Å². The van der Waals surface area contributed by atoms with E-state index in [0.29, 0.717) is 26.1 Å². The van der Waals surface area contributed by atoms with Gasteiger partial charge in [-0.3, -0.25) is 4.79 Å². The van der Waals surface area contributed by atoms with Crippen molar-refractivity contribution in [2.45, 2.75) is 97.4 Å². The van der Waals surface area contributed by atoms with E-state index in [9.17, 15) is 19.5 Å². The van der Waals surface area contributed by atoms with E-state index >= 15 is 0 Å². The predicted octanol–water partition coefficient (Wildman–Crippen LogP) is 0.481. The third-order valence-electron chi connectivity index (χ3n) is 4.45. The Morgan fingerprint density at radius 2 is 1.38 bits per heavy atom. The summed E-state index contributed by atoms with van der Waals surface area (Å²) < 4.78 is 10.5. The number of aliphatic hydroxyl groups excluding tert-OH is 1. The summed E-state index contributed by atoms with van der Waals surface area (Å²) in [7, 11) is 0. The molecular weight excluding hydrogens is 422 g/mol. The Labute approximate surface area is 219 Å². The Hall–Kier alpha value is -0.765. The Bertz CT molecular complexity index is 598. The molecule has 0 bridgehead atoms. The number of carbonyl (C=O) groups is 3. The van der Waals surface area contributed by atoms with Crippen molar-refractivity contribution < 1.29 is 59.9 Å². The van der Waals surface area contributed by atoms with Crippen LogP contribution in [0.5, 0.6) is 0 Å². The molecule has 10 heteroatoms. The molecule has 32 heavy (non-hydrogen) atoms. The summed E-state index contributed by atoms with van der Waals surface area (Å²) in [5, 5.41) is 9.56. The normalized spacial score (nSPS) is 19.7. The van der Waals surface area contributed by atoms with Crippen LogP contribution in [0.15, 0.2) is 0 Å². The van der Waals surface area contributed by atoms with Gasteiger partial charge in [-0.25, -0.2) is 9.59 Å². The smallest absolute Gasteiger partial charge is 1.00 e. The molecule has 1 atom stereocenters. The van der Waals surface area contributed by atoms with Crippen LogP contribution in [0.25, 0.3) is 0 Å². The standard InChI is InChI=1S/C11H21NO3.C11H19NO3.B.Na.H/c2*1-11(2,3)15-10(14)12-7-5-4-6-9(13)8-12;;;/h9,13H,4-8H2,1-3H3;4-8H2,1-3H3;;;/q;;;+1;-1. The van der Waals surface area contributed by atoms with Crippen molar-refractivity contribution in [1.29, 1.82) is 0 Å². The minimum Gasteiger partial charge on any atom is -1.00 e. The molecule has 0 aliphatic carbocycles. The minimum absolute atomic E-state index is 0. The van der Waals surface area contributed by atoms with E-state index in [1.54, 1.807) is 4.90 Å². The second-order valence-corrected chi connectivity index (χ2v) is 9.97. The molecule has 0 aromatic heterocycles. The van der Waals surface area contributed by atoms with Gasteiger partial charge in [0.15, 0.2) is 5.78 Å². The summed E-state index contributed by atoms with van der Waals surface area (Å²) in [5.41, 5.74) is -0.958. The molecule has 3 radical (unpaired) electrons. The van der Waals surface area contributed by atoms with Gasteiger partial charge in [0.2, 0.25) is 0 Å². The zero-order valence-electron chi connectivity index (χ0n) is 22.1. The molecule has 2 aliphatic heterocycles. The number of nitrogens with zero attached hydrogens (tertiary/aromatic N) is 2. The molecule has 2 rings (SSSR count). The first kappa shape index (κ1) is 33.4. The first-order valence-corrected chi connectivity index (χ1v) is 10.9. The third-order valence-corrected chi connectivity index (χ3v) is 4.45. The Morgan fingerprint density at radius 1 is 0.906 bits per heavy atom. The maximum absolute atomic E-state index is 11.7. The van der Waals surface area contributed by atoms with Crippen LogP contribution in [-0.2, 0) is 14.3 Å². The number of hydrogen-bond acceptors (Lipinski definition) is 6. The van der Waals surface area contributed by atoms with Gasteiger partial charge in [0.05, 0.1) is 12.6 Å². The van der Waals surface area contributed by atoms with Gasteiger partial charge in [-0.15, -0.1) is 0 Å². The maximum atomic E-state index is 11.7. The molecule has 2 amide bonds. The number of amides is 2. The van der Waals surface area contributed by atoms with Crippen molar-refractivity contribution >= 4 is 26.4 Å². The number of ketones is 1. The van der Waals surface area contributed by atoms with Crippen LogP contribution in [-0.4, -0.2) is 84.8 Å². The average molecular weight is 463 g/mol. The average Bonchev–Trinajstić information content (AvgIpc) is 2.92. The fraction of sp³-hybridized carbons (Fsp3) is 0.864. The zero-order chi connectivity index (χ0) is 22.9. The van der Waals surface area contributed by atoms with E-state index in [1.165, 1.54) is 4.90 Å². The van der Waals surface area contributed by atoms with Gasteiger partial charge in [-0.1, -0.05) is 0 Å². The summed E-state index contributed by atoms with van der Waals surface area (Å²) >= 11 is 0. The summed E-state index contributed by atoms with van der Waals surface area (Å²) in [4.78, 5) is 37.8. The molecular formula is C22H41BN2NaO6. The van der Waals surface area contributed by atoms with Gasteiger partial charge in [0, 0.05) is 34.5 Å². The van der Waals surface area contributed by atoms with Crippen LogP contribution in [0.3, 0.4) is 0 Å². The number of aliphatic hydroxyl groups is 1. The van der Waals surface area contributed by atoms with Crippen molar-refractivity contribution in [3.8, 4) is 0 Å². The summed E-state index contributed by atoms with van der Waals surface area (Å²) in [6, 6.07) is 0. The number of rotatable bonds is 0. The Morgan fingerprint density at radius 3 is 1.91 bits per heavy atom. The number of carbonyl (C=O) groups excluding carboxylic acids is 3. The predicted molar refractivity (Wildman–Crippen MR) is 121 cm³/mol. The molecule has 2 heterocycles. The van der Waals surface area contributed by atoms with Gasteiger partial charge in [-0.05, 0) is 73.6 Å². The van der Waals surface area contributed by atoms with Crippen molar-refractivity contribution in [1.82, 2.24) is 9.80 Å². The van der Waals surface area contributed by atoms with Crippen LogP contribution in [0.2, 0.25) is 0 Å². The second kappa shape index (κ2) is 15.2.